The molecule has 14 heteroatoms. The van der Waals surface area contributed by atoms with Crippen LogP contribution >= 0.6 is 0 Å². The van der Waals surface area contributed by atoms with E-state index in [0.29, 0.717) is 44.5 Å². The molecule has 2 heterocycles. The summed E-state index contributed by atoms with van der Waals surface area (Å²) in [5.41, 5.74) is 17.4. The topological polar surface area (TPSA) is 240 Å². The van der Waals surface area contributed by atoms with Gasteiger partial charge in [-0.05, 0) is 45.1 Å². The van der Waals surface area contributed by atoms with Crippen LogP contribution in [-0.2, 0) is 30.4 Å². The number of hydrogen-bond donors (Lipinski definition) is 7. The summed E-state index contributed by atoms with van der Waals surface area (Å²) >= 11 is 0. The van der Waals surface area contributed by atoms with Crippen LogP contribution in [0.1, 0.15) is 50.6 Å². The van der Waals surface area contributed by atoms with Crippen LogP contribution in [0.25, 0.3) is 0 Å². The van der Waals surface area contributed by atoms with Gasteiger partial charge in [0.2, 0.25) is 23.6 Å². The Morgan fingerprint density at radius 3 is 2.53 bits per heavy atom. The number of H-pyrrole nitrogens is 1. The number of carbonyl (C=O) groups is 5. The van der Waals surface area contributed by atoms with Crippen molar-refractivity contribution in [2.45, 2.75) is 75.5 Å². The van der Waals surface area contributed by atoms with E-state index in [4.69, 9.17) is 17.2 Å². The highest BCUT2D eigenvalue weighted by Gasteiger charge is 2.38. The molecule has 1 aromatic heterocycles. The molecule has 1 aromatic rings. The van der Waals surface area contributed by atoms with Crippen LogP contribution in [0.15, 0.2) is 12.5 Å². The van der Waals surface area contributed by atoms with Crippen LogP contribution in [0.4, 0.5) is 0 Å². The smallest absolute Gasteiger partial charge is 0.326 e. The molecule has 1 aliphatic rings. The molecule has 4 unspecified atom stereocenters. The van der Waals surface area contributed by atoms with E-state index in [-0.39, 0.29) is 31.6 Å². The van der Waals surface area contributed by atoms with E-state index in [1.165, 1.54) is 11.2 Å². The predicted molar refractivity (Wildman–Crippen MR) is 128 cm³/mol. The Morgan fingerprint density at radius 2 is 1.92 bits per heavy atom. The van der Waals surface area contributed by atoms with Gasteiger partial charge in [0.15, 0.2) is 0 Å². The van der Waals surface area contributed by atoms with Crippen molar-refractivity contribution < 1.29 is 29.1 Å². The van der Waals surface area contributed by atoms with Gasteiger partial charge in [-0.3, -0.25) is 19.2 Å². The molecule has 4 atom stereocenters. The van der Waals surface area contributed by atoms with E-state index in [2.05, 4.69) is 20.6 Å². The minimum atomic E-state index is -1.34. The Kier molecular flexibility index (Phi) is 11.3. The van der Waals surface area contributed by atoms with Crippen molar-refractivity contribution in [1.82, 2.24) is 25.5 Å². The third kappa shape index (κ3) is 8.61. The number of aromatic amines is 1. The van der Waals surface area contributed by atoms with Crippen molar-refractivity contribution in [3.8, 4) is 0 Å². The number of nitrogens with zero attached hydrogens (tertiary/aromatic N) is 2. The van der Waals surface area contributed by atoms with Crippen LogP contribution in [0.5, 0.6) is 0 Å². The molecule has 200 valence electrons. The lowest BCUT2D eigenvalue weighted by molar-refractivity contribution is -0.143. The van der Waals surface area contributed by atoms with Gasteiger partial charge in [0, 0.05) is 31.3 Å². The fraction of sp³-hybridized carbons (Fsp3) is 0.636. The first-order chi connectivity index (χ1) is 17.1. The van der Waals surface area contributed by atoms with E-state index < -0.39 is 47.9 Å². The largest absolute Gasteiger partial charge is 0.480 e. The van der Waals surface area contributed by atoms with Crippen molar-refractivity contribution in [2.24, 2.45) is 17.2 Å². The Morgan fingerprint density at radius 1 is 1.17 bits per heavy atom. The molecule has 14 nitrogen and oxygen atoms in total. The quantitative estimate of drug-likeness (QED) is 0.126. The first kappa shape index (κ1) is 28.7. The van der Waals surface area contributed by atoms with E-state index >= 15 is 0 Å². The van der Waals surface area contributed by atoms with E-state index in [0.717, 1.165) is 0 Å². The van der Waals surface area contributed by atoms with Gasteiger partial charge >= 0.3 is 5.97 Å². The first-order valence-corrected chi connectivity index (χ1v) is 12.0. The Balaban J connectivity index is 2.06. The maximum absolute atomic E-state index is 13.1. The number of imidazole rings is 1. The number of carboxylic acids is 1. The maximum Gasteiger partial charge on any atom is 0.326 e. The summed E-state index contributed by atoms with van der Waals surface area (Å²) in [4.78, 5) is 69.8. The third-order valence-corrected chi connectivity index (χ3v) is 6.02. The second-order valence-electron chi connectivity index (χ2n) is 8.83. The van der Waals surface area contributed by atoms with E-state index in [1.54, 1.807) is 6.20 Å². The lowest BCUT2D eigenvalue weighted by Crippen LogP contribution is -2.56. The van der Waals surface area contributed by atoms with Gasteiger partial charge in [-0.15, -0.1) is 0 Å². The average Bonchev–Trinajstić information content (AvgIpc) is 3.52. The molecule has 0 radical (unpaired) electrons. The number of unbranched alkanes of at least 4 members (excludes halogenated alkanes) is 1. The lowest BCUT2D eigenvalue weighted by Gasteiger charge is -2.28. The summed E-state index contributed by atoms with van der Waals surface area (Å²) in [6.45, 7) is 0.740. The van der Waals surface area contributed by atoms with Crippen LogP contribution in [-0.4, -0.2) is 86.8 Å². The zero-order valence-corrected chi connectivity index (χ0v) is 20.2. The van der Waals surface area contributed by atoms with Crippen molar-refractivity contribution in [3.05, 3.63) is 18.2 Å². The van der Waals surface area contributed by atoms with Crippen LogP contribution in [0.2, 0.25) is 0 Å². The molecular weight excluding hydrogens is 472 g/mol. The highest BCUT2D eigenvalue weighted by Crippen LogP contribution is 2.19. The van der Waals surface area contributed by atoms with Crippen LogP contribution in [0, 0.1) is 0 Å². The van der Waals surface area contributed by atoms with Gasteiger partial charge in [0.1, 0.15) is 18.1 Å². The Labute approximate surface area is 208 Å². The monoisotopic (exact) mass is 508 g/mol. The summed E-state index contributed by atoms with van der Waals surface area (Å²) in [5, 5.41) is 14.4. The number of hydrogen-bond acceptors (Lipinski definition) is 8. The number of nitrogens with one attached hydrogen (secondary N) is 3. The molecule has 2 rings (SSSR count). The van der Waals surface area contributed by atoms with Crippen molar-refractivity contribution >= 4 is 29.6 Å². The van der Waals surface area contributed by atoms with Crippen LogP contribution in [0.3, 0.4) is 0 Å². The number of carboxylic acid groups (broad SMARTS) is 1. The number of aliphatic carboxylic acids is 1. The molecule has 1 fully saturated rings. The molecular formula is C22H36N8O6. The van der Waals surface area contributed by atoms with E-state index in [1.807, 2.05) is 0 Å². The van der Waals surface area contributed by atoms with Crippen molar-refractivity contribution in [3.63, 3.8) is 0 Å². The first-order valence-electron chi connectivity index (χ1n) is 12.0. The predicted octanol–water partition coefficient (Wildman–Crippen LogP) is -2.28. The van der Waals surface area contributed by atoms with E-state index in [9.17, 15) is 29.1 Å². The van der Waals surface area contributed by atoms with Gasteiger partial charge in [0.25, 0.3) is 0 Å². The third-order valence-electron chi connectivity index (χ3n) is 6.02. The second-order valence-corrected chi connectivity index (χ2v) is 8.83. The molecule has 1 saturated heterocycles. The summed E-state index contributed by atoms with van der Waals surface area (Å²) in [6.07, 6.45) is 5.21. The minimum Gasteiger partial charge on any atom is -0.480 e. The standard InChI is InChI=1S/C22H36N8O6/c23-8-2-1-4-15(19(32)29-16(22(35)36)6-7-18(25)31)28-20(33)17-5-3-9-30(17)21(34)14(24)10-13-11-26-12-27-13/h11-12,14-17H,1-10,23-24H2,(H2,25,31)(H,26,27)(H,28,33)(H,29,32)(H,35,36). The summed E-state index contributed by atoms with van der Waals surface area (Å²) in [7, 11) is 0. The highest BCUT2D eigenvalue weighted by atomic mass is 16.4. The fourth-order valence-corrected chi connectivity index (χ4v) is 4.08. The number of primary amides is 1. The SMILES string of the molecule is NCCCCC(NC(=O)C1CCCN1C(=O)C(N)Cc1cnc[nH]1)C(=O)NC(CCC(N)=O)C(=O)O. The summed E-state index contributed by atoms with van der Waals surface area (Å²) < 4.78 is 0. The van der Waals surface area contributed by atoms with Gasteiger partial charge in [-0.25, -0.2) is 9.78 Å². The molecule has 10 N–H and O–H groups in total. The molecule has 0 aliphatic carbocycles. The number of likely N-dealkylation sites (tertiary alicyclic amines) is 1. The molecule has 0 aromatic carbocycles. The maximum atomic E-state index is 13.1. The number of nitrogens with two attached hydrogens (primary N) is 3. The minimum absolute atomic E-state index is 0.182. The van der Waals surface area contributed by atoms with Gasteiger partial charge in [-0.1, -0.05) is 0 Å². The van der Waals surface area contributed by atoms with Crippen LogP contribution < -0.4 is 27.8 Å². The molecule has 4 amide bonds. The van der Waals surface area contributed by atoms with Gasteiger partial charge in [-0.2, -0.15) is 0 Å². The number of aromatic nitrogens is 2. The Hall–Kier alpha value is -3.52. The zero-order valence-electron chi connectivity index (χ0n) is 20.2. The Bertz CT molecular complexity index is 908. The molecule has 36 heavy (non-hydrogen) atoms. The number of rotatable bonds is 15. The molecule has 1 aliphatic heterocycles. The van der Waals surface area contributed by atoms with Gasteiger partial charge < -0.3 is 42.8 Å². The lowest BCUT2D eigenvalue weighted by atomic mass is 10.1. The molecule has 0 spiro atoms. The van der Waals surface area contributed by atoms with Crippen molar-refractivity contribution in [1.29, 1.82) is 0 Å². The summed E-state index contributed by atoms with van der Waals surface area (Å²) in [5.74, 6) is -3.63. The summed E-state index contributed by atoms with van der Waals surface area (Å²) in [6, 6.07) is -4.07. The average molecular weight is 509 g/mol. The molecule has 0 saturated carbocycles. The van der Waals surface area contributed by atoms with Crippen molar-refractivity contribution in [2.75, 3.05) is 13.1 Å². The second kappa shape index (κ2) is 14.1. The normalized spacial score (nSPS) is 17.7. The fourth-order valence-electron chi connectivity index (χ4n) is 4.08. The highest BCUT2D eigenvalue weighted by molar-refractivity contribution is 5.94. The zero-order chi connectivity index (χ0) is 26.7. The van der Waals surface area contributed by atoms with Gasteiger partial charge in [0.05, 0.1) is 12.4 Å². The number of carbonyl (C=O) groups excluding carboxylic acids is 4. The number of amides is 4. The molecule has 0 bridgehead atoms.